The second-order valence-electron chi connectivity index (χ2n) is 6.40. The van der Waals surface area contributed by atoms with Crippen molar-refractivity contribution < 1.29 is 9.59 Å². The number of likely N-dealkylation sites (N-methyl/N-ethyl adjacent to an activating group) is 1. The Balaban J connectivity index is 1.69. The van der Waals surface area contributed by atoms with Gasteiger partial charge < -0.3 is 9.80 Å². The first kappa shape index (κ1) is 15.8. The number of imide groups is 1. The van der Waals surface area contributed by atoms with Crippen LogP contribution in [0.2, 0.25) is 0 Å². The summed E-state index contributed by atoms with van der Waals surface area (Å²) in [6, 6.07) is 14.7. The topological polar surface area (TPSA) is 43.9 Å². The van der Waals surface area contributed by atoms with Crippen molar-refractivity contribution in [3.05, 3.63) is 59.7 Å². The molecule has 0 atom stereocenters. The Bertz CT molecular complexity index is 790. The van der Waals surface area contributed by atoms with Crippen molar-refractivity contribution in [2.75, 3.05) is 42.5 Å². The highest BCUT2D eigenvalue weighted by Crippen LogP contribution is 2.35. The lowest BCUT2D eigenvalue weighted by molar-refractivity contribution is 0.0926. The summed E-state index contributed by atoms with van der Waals surface area (Å²) in [6.07, 6.45) is 0. The lowest BCUT2D eigenvalue weighted by atomic mass is 10.1. The second kappa shape index (κ2) is 6.33. The largest absolute Gasteiger partial charge is 0.367 e. The number of fused-ring (bicyclic) bond motifs is 1. The normalized spacial score (nSPS) is 18.0. The number of piperazine rings is 1. The maximum Gasteiger partial charge on any atom is 0.266 e. The predicted octanol–water partition coefficient (Wildman–Crippen LogP) is 2.63. The van der Waals surface area contributed by atoms with Crippen molar-refractivity contribution in [1.29, 1.82) is 0 Å². The van der Waals surface area contributed by atoms with E-state index in [0.717, 1.165) is 38.4 Å². The van der Waals surface area contributed by atoms with Gasteiger partial charge in [-0.25, -0.2) is 4.90 Å². The molecule has 0 aromatic heterocycles. The first-order chi connectivity index (χ1) is 12.2. The summed E-state index contributed by atoms with van der Waals surface area (Å²) in [5.41, 5.74) is 2.60. The van der Waals surface area contributed by atoms with E-state index >= 15 is 0 Å². The molecular weight excluding hydrogens is 314 g/mol. The molecule has 0 N–H and O–H groups in total. The SMILES string of the molecule is CCN1CCN(c2ccccc2N2C(=O)c3ccccc3C2=O)CC1. The summed E-state index contributed by atoms with van der Waals surface area (Å²) in [5, 5.41) is 0. The van der Waals surface area contributed by atoms with Crippen molar-refractivity contribution in [1.82, 2.24) is 4.90 Å². The van der Waals surface area contributed by atoms with E-state index in [1.807, 2.05) is 24.3 Å². The zero-order valence-corrected chi connectivity index (χ0v) is 14.3. The van der Waals surface area contributed by atoms with Gasteiger partial charge in [-0.05, 0) is 30.8 Å². The molecule has 128 valence electrons. The van der Waals surface area contributed by atoms with Crippen LogP contribution in [0.1, 0.15) is 27.6 Å². The first-order valence-corrected chi connectivity index (χ1v) is 8.75. The molecule has 0 spiro atoms. The minimum absolute atomic E-state index is 0.236. The van der Waals surface area contributed by atoms with Crippen molar-refractivity contribution in [3.8, 4) is 0 Å². The monoisotopic (exact) mass is 335 g/mol. The highest BCUT2D eigenvalue weighted by atomic mass is 16.2. The molecule has 2 heterocycles. The Morgan fingerprint density at radius 3 is 1.84 bits per heavy atom. The van der Waals surface area contributed by atoms with Gasteiger partial charge in [-0.1, -0.05) is 31.2 Å². The van der Waals surface area contributed by atoms with Crippen molar-refractivity contribution in [3.63, 3.8) is 0 Å². The number of nitrogens with zero attached hydrogens (tertiary/aromatic N) is 3. The van der Waals surface area contributed by atoms with Gasteiger partial charge in [0.05, 0.1) is 22.5 Å². The van der Waals surface area contributed by atoms with E-state index in [1.165, 1.54) is 4.90 Å². The fourth-order valence-corrected chi connectivity index (χ4v) is 3.63. The van der Waals surface area contributed by atoms with E-state index in [1.54, 1.807) is 24.3 Å². The summed E-state index contributed by atoms with van der Waals surface area (Å²) in [4.78, 5) is 31.6. The standard InChI is InChI=1S/C20H21N3O2/c1-2-21-11-13-22(14-12-21)17-9-5-6-10-18(17)23-19(24)15-7-3-4-8-16(15)20(23)25/h3-10H,2,11-14H2,1H3. The van der Waals surface area contributed by atoms with Crippen LogP contribution in [0.25, 0.3) is 0 Å². The molecule has 0 unspecified atom stereocenters. The van der Waals surface area contributed by atoms with Gasteiger partial charge in [0.1, 0.15) is 0 Å². The fraction of sp³-hybridized carbons (Fsp3) is 0.300. The third kappa shape index (κ3) is 2.61. The number of hydrogen-bond acceptors (Lipinski definition) is 4. The molecule has 5 nitrogen and oxygen atoms in total. The molecule has 0 aliphatic carbocycles. The van der Waals surface area contributed by atoms with Crippen LogP contribution >= 0.6 is 0 Å². The second-order valence-corrected chi connectivity index (χ2v) is 6.40. The predicted molar refractivity (Wildman–Crippen MR) is 98.4 cm³/mol. The lowest BCUT2D eigenvalue weighted by Gasteiger charge is -2.37. The van der Waals surface area contributed by atoms with Crippen LogP contribution in [0.3, 0.4) is 0 Å². The molecule has 2 aliphatic rings. The number of benzene rings is 2. The molecule has 5 heteroatoms. The quantitative estimate of drug-likeness (QED) is 0.809. The van der Waals surface area contributed by atoms with Crippen LogP contribution in [-0.4, -0.2) is 49.4 Å². The minimum atomic E-state index is -0.236. The van der Waals surface area contributed by atoms with Crippen molar-refractivity contribution >= 4 is 23.2 Å². The molecule has 2 amide bonds. The van der Waals surface area contributed by atoms with Crippen LogP contribution in [-0.2, 0) is 0 Å². The Labute approximate surface area is 147 Å². The Hall–Kier alpha value is -2.66. The summed E-state index contributed by atoms with van der Waals surface area (Å²) < 4.78 is 0. The Kier molecular flexibility index (Phi) is 4.01. The van der Waals surface area contributed by atoms with Crippen LogP contribution in [0.5, 0.6) is 0 Å². The molecule has 0 bridgehead atoms. The van der Waals surface area contributed by atoms with E-state index in [0.29, 0.717) is 16.8 Å². The number of para-hydroxylation sites is 2. The molecule has 25 heavy (non-hydrogen) atoms. The zero-order valence-electron chi connectivity index (χ0n) is 14.3. The maximum atomic E-state index is 12.8. The minimum Gasteiger partial charge on any atom is -0.367 e. The molecular formula is C20H21N3O2. The van der Waals surface area contributed by atoms with Crippen molar-refractivity contribution in [2.24, 2.45) is 0 Å². The molecule has 1 saturated heterocycles. The molecule has 2 aromatic carbocycles. The van der Waals surface area contributed by atoms with Gasteiger partial charge in [-0.15, -0.1) is 0 Å². The molecule has 1 fully saturated rings. The van der Waals surface area contributed by atoms with Gasteiger partial charge >= 0.3 is 0 Å². The number of amides is 2. The van der Waals surface area contributed by atoms with E-state index in [4.69, 9.17) is 0 Å². The van der Waals surface area contributed by atoms with Gasteiger partial charge in [0.2, 0.25) is 0 Å². The summed E-state index contributed by atoms with van der Waals surface area (Å²) in [7, 11) is 0. The van der Waals surface area contributed by atoms with Crippen LogP contribution in [0.15, 0.2) is 48.5 Å². The van der Waals surface area contributed by atoms with E-state index in [2.05, 4.69) is 16.7 Å². The number of carbonyl (C=O) groups excluding carboxylic acids is 2. The van der Waals surface area contributed by atoms with Gasteiger partial charge in [-0.3, -0.25) is 9.59 Å². The molecule has 2 aliphatic heterocycles. The molecule has 2 aromatic rings. The van der Waals surface area contributed by atoms with Gasteiger partial charge in [-0.2, -0.15) is 0 Å². The Morgan fingerprint density at radius 1 is 0.760 bits per heavy atom. The fourth-order valence-electron chi connectivity index (χ4n) is 3.63. The highest BCUT2D eigenvalue weighted by molar-refractivity contribution is 6.35. The van der Waals surface area contributed by atoms with Crippen LogP contribution in [0, 0.1) is 0 Å². The summed E-state index contributed by atoms with van der Waals surface area (Å²) in [6.45, 7) is 7.00. The maximum absolute atomic E-state index is 12.8. The number of anilines is 2. The van der Waals surface area contributed by atoms with E-state index in [9.17, 15) is 9.59 Å². The summed E-state index contributed by atoms with van der Waals surface area (Å²) in [5.74, 6) is -0.472. The van der Waals surface area contributed by atoms with Crippen molar-refractivity contribution in [2.45, 2.75) is 6.92 Å². The third-order valence-corrected chi connectivity index (χ3v) is 5.08. The first-order valence-electron chi connectivity index (χ1n) is 8.75. The average Bonchev–Trinajstić information content (AvgIpc) is 2.93. The van der Waals surface area contributed by atoms with E-state index in [-0.39, 0.29) is 11.8 Å². The zero-order chi connectivity index (χ0) is 17.4. The van der Waals surface area contributed by atoms with Gasteiger partial charge in [0.15, 0.2) is 0 Å². The molecule has 4 rings (SSSR count). The Morgan fingerprint density at radius 2 is 1.28 bits per heavy atom. The smallest absolute Gasteiger partial charge is 0.266 e. The van der Waals surface area contributed by atoms with E-state index < -0.39 is 0 Å². The lowest BCUT2D eigenvalue weighted by Crippen LogP contribution is -2.46. The van der Waals surface area contributed by atoms with Gasteiger partial charge in [0, 0.05) is 26.2 Å². The van der Waals surface area contributed by atoms with Crippen LogP contribution < -0.4 is 9.80 Å². The average molecular weight is 335 g/mol. The van der Waals surface area contributed by atoms with Gasteiger partial charge in [0.25, 0.3) is 11.8 Å². The number of hydrogen-bond donors (Lipinski definition) is 0. The number of rotatable bonds is 3. The summed E-state index contributed by atoms with van der Waals surface area (Å²) >= 11 is 0. The third-order valence-electron chi connectivity index (χ3n) is 5.08. The van der Waals surface area contributed by atoms with Crippen LogP contribution in [0.4, 0.5) is 11.4 Å². The molecule has 0 radical (unpaired) electrons. The molecule has 0 saturated carbocycles. The highest BCUT2D eigenvalue weighted by Gasteiger charge is 2.38. The number of carbonyl (C=O) groups is 2.